The highest BCUT2D eigenvalue weighted by molar-refractivity contribution is 5.87. The summed E-state index contributed by atoms with van der Waals surface area (Å²) in [6.07, 6.45) is 5.50. The summed E-state index contributed by atoms with van der Waals surface area (Å²) >= 11 is 0. The molecular formula is C26H28O6. The minimum atomic E-state index is -0.467. The van der Waals surface area contributed by atoms with E-state index in [2.05, 4.69) is 19.1 Å². The molecule has 2 aliphatic rings. The molecule has 2 heterocycles. The van der Waals surface area contributed by atoms with Crippen LogP contribution in [0.5, 0.6) is 0 Å². The number of hydrogen-bond donors (Lipinski definition) is 0. The smallest absolute Gasteiger partial charge is 0.331 e. The lowest BCUT2D eigenvalue weighted by Gasteiger charge is -2.16. The number of rotatable bonds is 8. The SMILES string of the molecule is Cc1ccc(/C=C\C(=O)OC2CO[C@@H]3[C@@H](OOC/C=C/c4ccc(C)cc4)CO[C@H]23)cc1. The highest BCUT2D eigenvalue weighted by Crippen LogP contribution is 2.30. The van der Waals surface area contributed by atoms with E-state index >= 15 is 0 Å². The molecule has 168 valence electrons. The zero-order chi connectivity index (χ0) is 22.3. The predicted molar refractivity (Wildman–Crippen MR) is 121 cm³/mol. The van der Waals surface area contributed by atoms with Crippen LogP contribution in [0, 0.1) is 13.8 Å². The molecule has 0 aromatic heterocycles. The van der Waals surface area contributed by atoms with E-state index in [0.717, 1.165) is 11.1 Å². The summed E-state index contributed by atoms with van der Waals surface area (Å²) in [5, 5.41) is 0. The summed E-state index contributed by atoms with van der Waals surface area (Å²) in [4.78, 5) is 23.0. The van der Waals surface area contributed by atoms with E-state index in [0.29, 0.717) is 13.2 Å². The van der Waals surface area contributed by atoms with Crippen LogP contribution in [0.1, 0.15) is 22.3 Å². The minimum absolute atomic E-state index is 0.270. The molecule has 0 N–H and O–H groups in total. The minimum Gasteiger partial charge on any atom is -0.454 e. The molecule has 32 heavy (non-hydrogen) atoms. The molecule has 6 heteroatoms. The van der Waals surface area contributed by atoms with Crippen molar-refractivity contribution in [3.8, 4) is 0 Å². The van der Waals surface area contributed by atoms with E-state index in [4.69, 9.17) is 24.0 Å². The second-order valence-electron chi connectivity index (χ2n) is 8.05. The van der Waals surface area contributed by atoms with Crippen molar-refractivity contribution in [3.05, 3.63) is 82.9 Å². The van der Waals surface area contributed by atoms with Crippen molar-refractivity contribution < 1.29 is 28.8 Å². The number of ether oxygens (including phenoxy) is 3. The number of carbonyl (C=O) groups excluding carboxylic acids is 1. The van der Waals surface area contributed by atoms with Gasteiger partial charge in [-0.2, -0.15) is 0 Å². The largest absolute Gasteiger partial charge is 0.454 e. The van der Waals surface area contributed by atoms with Gasteiger partial charge in [0.15, 0.2) is 6.10 Å². The van der Waals surface area contributed by atoms with Crippen LogP contribution < -0.4 is 0 Å². The van der Waals surface area contributed by atoms with Crippen LogP contribution in [-0.2, 0) is 28.8 Å². The van der Waals surface area contributed by atoms with E-state index in [1.807, 2.05) is 55.5 Å². The number of fused-ring (bicyclic) bond motifs is 1. The zero-order valence-electron chi connectivity index (χ0n) is 18.3. The second kappa shape index (κ2) is 10.7. The van der Waals surface area contributed by atoms with Crippen LogP contribution in [0.25, 0.3) is 12.2 Å². The molecule has 4 atom stereocenters. The van der Waals surface area contributed by atoms with Crippen molar-refractivity contribution in [1.29, 1.82) is 0 Å². The van der Waals surface area contributed by atoms with Crippen molar-refractivity contribution in [3.63, 3.8) is 0 Å². The van der Waals surface area contributed by atoms with Gasteiger partial charge in [-0.05, 0) is 31.1 Å². The van der Waals surface area contributed by atoms with Gasteiger partial charge in [-0.15, -0.1) is 0 Å². The van der Waals surface area contributed by atoms with Crippen molar-refractivity contribution in [1.82, 2.24) is 0 Å². The Morgan fingerprint density at radius 1 is 0.875 bits per heavy atom. The van der Waals surface area contributed by atoms with Crippen LogP contribution in [0.15, 0.2) is 60.7 Å². The van der Waals surface area contributed by atoms with Crippen molar-refractivity contribution >= 4 is 18.1 Å². The van der Waals surface area contributed by atoms with Gasteiger partial charge in [0.25, 0.3) is 0 Å². The molecule has 2 fully saturated rings. The molecule has 0 aliphatic carbocycles. The lowest BCUT2D eigenvalue weighted by atomic mass is 10.1. The van der Waals surface area contributed by atoms with Gasteiger partial charge in [0, 0.05) is 6.08 Å². The van der Waals surface area contributed by atoms with E-state index < -0.39 is 12.1 Å². The van der Waals surface area contributed by atoms with Crippen molar-refractivity contribution in [2.45, 2.75) is 38.3 Å². The fourth-order valence-electron chi connectivity index (χ4n) is 3.67. The fourth-order valence-corrected chi connectivity index (χ4v) is 3.67. The quantitative estimate of drug-likeness (QED) is 0.205. The molecule has 2 saturated heterocycles. The Kier molecular flexibility index (Phi) is 7.50. The maximum atomic E-state index is 12.2. The van der Waals surface area contributed by atoms with Gasteiger partial charge >= 0.3 is 5.97 Å². The Morgan fingerprint density at radius 2 is 1.44 bits per heavy atom. The van der Waals surface area contributed by atoms with Crippen LogP contribution in [0.2, 0.25) is 0 Å². The zero-order valence-corrected chi connectivity index (χ0v) is 18.3. The van der Waals surface area contributed by atoms with Crippen LogP contribution in [-0.4, -0.2) is 50.2 Å². The third kappa shape index (κ3) is 5.93. The van der Waals surface area contributed by atoms with E-state index in [1.54, 1.807) is 6.08 Å². The van der Waals surface area contributed by atoms with Gasteiger partial charge in [-0.3, -0.25) is 0 Å². The first kappa shape index (κ1) is 22.4. The molecule has 6 nitrogen and oxygen atoms in total. The molecule has 2 aromatic carbocycles. The third-order valence-corrected chi connectivity index (χ3v) is 5.46. The number of hydrogen-bond acceptors (Lipinski definition) is 6. The normalized spacial score (nSPS) is 24.9. The molecular weight excluding hydrogens is 408 g/mol. The monoisotopic (exact) mass is 436 g/mol. The maximum absolute atomic E-state index is 12.2. The van der Waals surface area contributed by atoms with E-state index in [9.17, 15) is 4.79 Å². The summed E-state index contributed by atoms with van der Waals surface area (Å²) in [6.45, 7) is 4.98. The van der Waals surface area contributed by atoms with Crippen LogP contribution in [0.3, 0.4) is 0 Å². The Bertz CT molecular complexity index is 947. The summed E-state index contributed by atoms with van der Waals surface area (Å²) in [5.41, 5.74) is 4.43. The van der Waals surface area contributed by atoms with E-state index in [-0.39, 0.29) is 24.9 Å². The van der Waals surface area contributed by atoms with Gasteiger partial charge in [0.1, 0.15) is 24.9 Å². The van der Waals surface area contributed by atoms with Gasteiger partial charge in [-0.25, -0.2) is 14.6 Å². The maximum Gasteiger partial charge on any atom is 0.331 e. The molecule has 2 aliphatic heterocycles. The average molecular weight is 437 g/mol. The average Bonchev–Trinajstić information content (AvgIpc) is 3.38. The Balaban J connectivity index is 1.19. The number of aryl methyl sites for hydroxylation is 2. The molecule has 4 rings (SSSR count). The molecule has 2 aromatic rings. The van der Waals surface area contributed by atoms with Crippen LogP contribution >= 0.6 is 0 Å². The Hall–Kier alpha value is -2.77. The van der Waals surface area contributed by atoms with Crippen molar-refractivity contribution in [2.24, 2.45) is 0 Å². The molecule has 0 saturated carbocycles. The molecule has 0 spiro atoms. The first-order valence-corrected chi connectivity index (χ1v) is 10.8. The molecule has 0 radical (unpaired) electrons. The van der Waals surface area contributed by atoms with Gasteiger partial charge in [0.2, 0.25) is 0 Å². The summed E-state index contributed by atoms with van der Waals surface area (Å²) in [5.74, 6) is -0.426. The summed E-state index contributed by atoms with van der Waals surface area (Å²) in [6, 6.07) is 16.1. The highest BCUT2D eigenvalue weighted by Gasteiger charge is 2.50. The predicted octanol–water partition coefficient (Wildman–Crippen LogP) is 4.06. The highest BCUT2D eigenvalue weighted by atomic mass is 17.2. The topological polar surface area (TPSA) is 63.2 Å². The van der Waals surface area contributed by atoms with E-state index in [1.165, 1.54) is 17.2 Å². The van der Waals surface area contributed by atoms with Crippen molar-refractivity contribution in [2.75, 3.05) is 19.8 Å². The third-order valence-electron chi connectivity index (χ3n) is 5.46. The van der Waals surface area contributed by atoms with Gasteiger partial charge in [-0.1, -0.05) is 71.8 Å². The first-order chi connectivity index (χ1) is 15.6. The number of esters is 1. The van der Waals surface area contributed by atoms with Crippen LogP contribution in [0.4, 0.5) is 0 Å². The lowest BCUT2D eigenvalue weighted by molar-refractivity contribution is -0.326. The number of carbonyl (C=O) groups is 1. The standard InChI is InChI=1S/C26H28O6/c1-18-5-9-20(10-6-18)4-3-15-30-32-23-17-29-25-22(16-28-26(23)25)31-24(27)14-13-21-11-7-19(2)8-12-21/h3-14,22-23,25-26H,15-17H2,1-2H3/b4-3+,14-13-/t22?,23-,25+,26+/m0/s1. The fraction of sp³-hybridized carbons (Fsp3) is 0.346. The Labute approximate surface area is 188 Å². The van der Waals surface area contributed by atoms with Gasteiger partial charge in [0.05, 0.1) is 13.2 Å². The molecule has 0 bridgehead atoms. The van der Waals surface area contributed by atoms with Gasteiger partial charge < -0.3 is 14.2 Å². The first-order valence-electron chi connectivity index (χ1n) is 10.8. The second-order valence-corrected chi connectivity index (χ2v) is 8.05. The number of benzene rings is 2. The lowest BCUT2D eigenvalue weighted by Crippen LogP contribution is -2.34. The summed E-state index contributed by atoms with van der Waals surface area (Å²) in [7, 11) is 0. The molecule has 1 unspecified atom stereocenters. The summed E-state index contributed by atoms with van der Waals surface area (Å²) < 4.78 is 17.1. The Morgan fingerprint density at radius 3 is 2.09 bits per heavy atom. The molecule has 0 amide bonds.